The number of aryl methyl sites for hydroxylation is 1. The number of alkyl halides is 4. The van der Waals surface area contributed by atoms with E-state index >= 15 is 0 Å². The number of rotatable bonds is 6. The molecule has 0 saturated carbocycles. The molecule has 8 heteroatoms. The van der Waals surface area contributed by atoms with Gasteiger partial charge in [0.05, 0.1) is 11.4 Å². The van der Waals surface area contributed by atoms with Crippen molar-refractivity contribution in [1.82, 2.24) is 9.78 Å². The van der Waals surface area contributed by atoms with Crippen molar-refractivity contribution in [2.45, 2.75) is 32.7 Å². The summed E-state index contributed by atoms with van der Waals surface area (Å²) in [6.07, 6.45) is -4.49. The summed E-state index contributed by atoms with van der Waals surface area (Å²) in [5.41, 5.74) is -0.573. The first-order chi connectivity index (χ1) is 9.96. The molecule has 2 aromatic rings. The van der Waals surface area contributed by atoms with Gasteiger partial charge in [-0.15, -0.1) is 11.3 Å². The van der Waals surface area contributed by atoms with Crippen LogP contribution in [-0.4, -0.2) is 16.1 Å². The number of halogens is 4. The molecule has 0 N–H and O–H groups in total. The van der Waals surface area contributed by atoms with E-state index in [2.05, 4.69) is 5.10 Å². The molecule has 114 valence electrons. The molecule has 2 rings (SSSR count). The molecule has 0 bridgehead atoms. The molecule has 2 aromatic heterocycles. The molecular formula is C13H12F4N2OS. The number of aromatic nitrogens is 2. The Balaban J connectivity index is 2.38. The normalized spacial score (nSPS) is 11.6. The zero-order valence-electron chi connectivity index (χ0n) is 11.0. The molecule has 3 nitrogen and oxygen atoms in total. The average Bonchev–Trinajstić information content (AvgIpc) is 3.03. The molecule has 0 spiro atoms. The van der Waals surface area contributed by atoms with Gasteiger partial charge in [0.15, 0.2) is 6.29 Å². The Hall–Kier alpha value is -1.70. The van der Waals surface area contributed by atoms with Crippen LogP contribution in [0.2, 0.25) is 0 Å². The van der Waals surface area contributed by atoms with Crippen molar-refractivity contribution in [3.63, 3.8) is 0 Å². The lowest BCUT2D eigenvalue weighted by Gasteiger charge is -2.07. The van der Waals surface area contributed by atoms with Crippen LogP contribution in [0.5, 0.6) is 0 Å². The van der Waals surface area contributed by atoms with Gasteiger partial charge in [-0.05, 0) is 24.1 Å². The van der Waals surface area contributed by atoms with Crippen molar-refractivity contribution in [2.24, 2.45) is 0 Å². The predicted octanol–water partition coefficient (Wildman–Crippen LogP) is 4.24. The maximum absolute atomic E-state index is 12.9. The van der Waals surface area contributed by atoms with Crippen molar-refractivity contribution >= 4 is 17.6 Å². The molecular weight excluding hydrogens is 308 g/mol. The second kappa shape index (κ2) is 6.38. The Morgan fingerprint density at radius 2 is 2.00 bits per heavy atom. The van der Waals surface area contributed by atoms with E-state index in [1.807, 2.05) is 6.92 Å². The number of nitrogens with zero attached hydrogens (tertiary/aromatic N) is 2. The van der Waals surface area contributed by atoms with Crippen molar-refractivity contribution in [3.05, 3.63) is 38.8 Å². The highest BCUT2D eigenvalue weighted by atomic mass is 32.1. The Morgan fingerprint density at radius 3 is 2.52 bits per heavy atom. The molecule has 2 heterocycles. The van der Waals surface area contributed by atoms with Gasteiger partial charge in [0.25, 0.3) is 12.9 Å². The number of carbonyl (C=O) groups is 1. The third kappa shape index (κ3) is 3.31. The molecule has 0 atom stereocenters. The maximum atomic E-state index is 12.9. The topological polar surface area (TPSA) is 34.9 Å². The summed E-state index contributed by atoms with van der Waals surface area (Å²) in [6, 6.07) is 2.30. The molecule has 0 amide bonds. The van der Waals surface area contributed by atoms with Gasteiger partial charge in [-0.1, -0.05) is 6.92 Å². The lowest BCUT2D eigenvalue weighted by atomic mass is 10.2. The fourth-order valence-corrected chi connectivity index (χ4v) is 2.94. The first-order valence-corrected chi connectivity index (χ1v) is 6.98. The molecule has 0 saturated heterocycles. The van der Waals surface area contributed by atoms with Crippen LogP contribution in [0.4, 0.5) is 17.6 Å². The molecule has 0 aliphatic carbocycles. The van der Waals surface area contributed by atoms with Crippen molar-refractivity contribution in [2.75, 3.05) is 0 Å². The lowest BCUT2D eigenvalue weighted by Crippen LogP contribution is -2.07. The van der Waals surface area contributed by atoms with Crippen LogP contribution >= 0.6 is 11.3 Å². The number of hydrogen-bond donors (Lipinski definition) is 0. The van der Waals surface area contributed by atoms with E-state index in [9.17, 15) is 22.4 Å². The molecule has 0 aliphatic rings. The average molecular weight is 320 g/mol. The largest absolute Gasteiger partial charge is 0.297 e. The Morgan fingerprint density at radius 1 is 1.29 bits per heavy atom. The first-order valence-electron chi connectivity index (χ1n) is 6.17. The van der Waals surface area contributed by atoms with Gasteiger partial charge in [-0.2, -0.15) is 5.10 Å². The lowest BCUT2D eigenvalue weighted by molar-refractivity contribution is 0.112. The quantitative estimate of drug-likeness (QED) is 0.589. The zero-order valence-corrected chi connectivity index (χ0v) is 11.8. The van der Waals surface area contributed by atoms with Gasteiger partial charge in [0, 0.05) is 4.88 Å². The predicted molar refractivity (Wildman–Crippen MR) is 70.3 cm³/mol. The van der Waals surface area contributed by atoms with Crippen LogP contribution < -0.4 is 0 Å². The van der Waals surface area contributed by atoms with Crippen LogP contribution in [-0.2, 0) is 13.0 Å². The van der Waals surface area contributed by atoms with Crippen molar-refractivity contribution < 1.29 is 22.4 Å². The van der Waals surface area contributed by atoms with E-state index in [1.54, 1.807) is 6.07 Å². The molecule has 0 fully saturated rings. The number of hydrogen-bond acceptors (Lipinski definition) is 3. The van der Waals surface area contributed by atoms with E-state index in [0.717, 1.165) is 9.56 Å². The molecule has 21 heavy (non-hydrogen) atoms. The van der Waals surface area contributed by atoms with E-state index in [-0.39, 0.29) is 6.54 Å². The van der Waals surface area contributed by atoms with Gasteiger partial charge in [0.2, 0.25) is 0 Å². The fourth-order valence-electron chi connectivity index (χ4n) is 2.00. The van der Waals surface area contributed by atoms with Crippen LogP contribution in [0, 0.1) is 0 Å². The maximum Gasteiger partial charge on any atom is 0.282 e. The fraction of sp³-hybridized carbons (Fsp3) is 0.385. The van der Waals surface area contributed by atoms with E-state index < -0.39 is 24.2 Å². The first kappa shape index (κ1) is 15.7. The Labute approximate surface area is 122 Å². The Bertz CT molecular complexity index is 636. The number of carbonyl (C=O) groups excluding carboxylic acids is 1. The zero-order chi connectivity index (χ0) is 15.6. The van der Waals surface area contributed by atoms with Gasteiger partial charge in [-0.25, -0.2) is 17.6 Å². The van der Waals surface area contributed by atoms with E-state index in [1.165, 1.54) is 11.3 Å². The van der Waals surface area contributed by atoms with Crippen LogP contribution in [0.1, 0.15) is 51.3 Å². The highest BCUT2D eigenvalue weighted by Gasteiger charge is 2.22. The third-order valence-corrected chi connectivity index (χ3v) is 4.20. The second-order valence-electron chi connectivity index (χ2n) is 4.32. The summed E-state index contributed by atoms with van der Waals surface area (Å²) < 4.78 is 51.9. The molecule has 0 aliphatic heterocycles. The van der Waals surface area contributed by atoms with E-state index in [0.29, 0.717) is 29.2 Å². The van der Waals surface area contributed by atoms with Crippen molar-refractivity contribution in [1.29, 1.82) is 0 Å². The summed E-state index contributed by atoms with van der Waals surface area (Å²) in [6.45, 7) is 1.81. The third-order valence-electron chi connectivity index (χ3n) is 2.95. The standard InChI is InChI=1S/C13H12F4N2OS/c1-2-11-7(3-8(6-20)21-11)5-19-10(13(16)17)4-9(18-19)12(14)15/h3-4,6,12-13H,2,5H2,1H3. The highest BCUT2D eigenvalue weighted by Crippen LogP contribution is 2.28. The number of aldehydes is 1. The minimum Gasteiger partial charge on any atom is -0.297 e. The van der Waals surface area contributed by atoms with Crippen LogP contribution in [0.3, 0.4) is 0 Å². The number of thiophene rings is 1. The minimum atomic E-state index is -2.90. The van der Waals surface area contributed by atoms with Gasteiger partial charge < -0.3 is 0 Å². The monoisotopic (exact) mass is 320 g/mol. The van der Waals surface area contributed by atoms with Crippen LogP contribution in [0.25, 0.3) is 0 Å². The van der Waals surface area contributed by atoms with Gasteiger partial charge in [-0.3, -0.25) is 9.48 Å². The molecule has 0 unspecified atom stereocenters. The molecule has 0 aromatic carbocycles. The summed E-state index contributed by atoms with van der Waals surface area (Å²) in [4.78, 5) is 12.1. The van der Waals surface area contributed by atoms with Gasteiger partial charge >= 0.3 is 0 Å². The van der Waals surface area contributed by atoms with Crippen LogP contribution in [0.15, 0.2) is 12.1 Å². The van der Waals surface area contributed by atoms with E-state index in [4.69, 9.17) is 0 Å². The summed E-state index contributed by atoms with van der Waals surface area (Å²) in [7, 11) is 0. The summed E-state index contributed by atoms with van der Waals surface area (Å²) in [5, 5.41) is 3.54. The Kier molecular flexibility index (Phi) is 4.76. The second-order valence-corrected chi connectivity index (χ2v) is 5.49. The van der Waals surface area contributed by atoms with Gasteiger partial charge in [0.1, 0.15) is 11.4 Å². The highest BCUT2D eigenvalue weighted by molar-refractivity contribution is 7.13. The minimum absolute atomic E-state index is 0.0556. The summed E-state index contributed by atoms with van der Waals surface area (Å²) in [5.74, 6) is 0. The molecule has 0 radical (unpaired) electrons. The smallest absolute Gasteiger partial charge is 0.282 e. The summed E-state index contributed by atoms with van der Waals surface area (Å²) >= 11 is 1.26. The SMILES string of the molecule is CCc1sc(C=O)cc1Cn1nc(C(F)F)cc1C(F)F. The van der Waals surface area contributed by atoms with Crippen molar-refractivity contribution in [3.8, 4) is 0 Å².